The second kappa shape index (κ2) is 7.35. The quantitative estimate of drug-likeness (QED) is 0.802. The zero-order valence-electron chi connectivity index (χ0n) is 13.1. The molecule has 1 amide bonds. The molecule has 3 N–H and O–H groups in total. The van der Waals surface area contributed by atoms with E-state index in [4.69, 9.17) is 0 Å². The minimum atomic E-state index is -0.383. The Bertz CT molecular complexity index is 700. The van der Waals surface area contributed by atoms with Crippen molar-refractivity contribution >= 4 is 17.4 Å². The summed E-state index contributed by atoms with van der Waals surface area (Å²) >= 11 is 0. The van der Waals surface area contributed by atoms with E-state index in [1.807, 2.05) is 0 Å². The van der Waals surface area contributed by atoms with Gasteiger partial charge in [-0.3, -0.25) is 4.79 Å². The van der Waals surface area contributed by atoms with Crippen LogP contribution in [0.2, 0.25) is 0 Å². The number of halogens is 1. The molecule has 1 aliphatic rings. The third-order valence-corrected chi connectivity index (χ3v) is 4.05. The van der Waals surface area contributed by atoms with E-state index >= 15 is 0 Å². The molecule has 1 aromatic heterocycles. The second-order valence-corrected chi connectivity index (χ2v) is 5.90. The first-order chi connectivity index (χ1) is 11.6. The van der Waals surface area contributed by atoms with Gasteiger partial charge < -0.3 is 15.7 Å². The van der Waals surface area contributed by atoms with Crippen LogP contribution >= 0.6 is 0 Å². The monoisotopic (exact) mass is 330 g/mol. The van der Waals surface area contributed by atoms with Crippen molar-refractivity contribution in [2.75, 3.05) is 10.6 Å². The van der Waals surface area contributed by atoms with Gasteiger partial charge in [0, 0.05) is 17.8 Å². The highest BCUT2D eigenvalue weighted by Gasteiger charge is 2.20. The molecule has 0 spiro atoms. The van der Waals surface area contributed by atoms with Crippen LogP contribution < -0.4 is 10.6 Å². The average Bonchev–Trinajstić information content (AvgIpc) is 2.59. The molecule has 6 nitrogen and oxygen atoms in total. The van der Waals surface area contributed by atoms with Gasteiger partial charge in [0.05, 0.1) is 6.10 Å². The van der Waals surface area contributed by atoms with E-state index < -0.39 is 0 Å². The first-order valence-corrected chi connectivity index (χ1v) is 7.94. The lowest BCUT2D eigenvalue weighted by Crippen LogP contribution is -2.28. The molecule has 0 unspecified atom stereocenters. The van der Waals surface area contributed by atoms with Crippen molar-refractivity contribution < 1.29 is 14.3 Å². The SMILES string of the molecule is O=C(Nc1ccc(F)cc1)c1cc(N[C@H]2CC[C@H](O)CC2)ncn1. The normalized spacial score (nSPS) is 20.4. The maximum absolute atomic E-state index is 12.9. The molecule has 0 atom stereocenters. The van der Waals surface area contributed by atoms with Crippen molar-refractivity contribution in [1.29, 1.82) is 0 Å². The van der Waals surface area contributed by atoms with Crippen LogP contribution in [0.25, 0.3) is 0 Å². The van der Waals surface area contributed by atoms with E-state index in [1.165, 1.54) is 30.6 Å². The Labute approximate surface area is 139 Å². The predicted molar refractivity (Wildman–Crippen MR) is 88.3 cm³/mol. The number of nitrogens with zero attached hydrogens (tertiary/aromatic N) is 2. The number of carbonyl (C=O) groups excluding carboxylic acids is 1. The van der Waals surface area contributed by atoms with Crippen LogP contribution in [0.15, 0.2) is 36.7 Å². The van der Waals surface area contributed by atoms with Gasteiger partial charge in [0.15, 0.2) is 0 Å². The fourth-order valence-electron chi connectivity index (χ4n) is 2.72. The second-order valence-electron chi connectivity index (χ2n) is 5.90. The molecule has 0 radical (unpaired) electrons. The Morgan fingerprint density at radius 1 is 1.12 bits per heavy atom. The zero-order valence-corrected chi connectivity index (χ0v) is 13.1. The van der Waals surface area contributed by atoms with Crippen molar-refractivity contribution in [3.8, 4) is 0 Å². The number of hydrogen-bond acceptors (Lipinski definition) is 5. The molecular formula is C17H19FN4O2. The largest absolute Gasteiger partial charge is 0.393 e. The van der Waals surface area contributed by atoms with Crippen LogP contribution in [-0.4, -0.2) is 33.1 Å². The van der Waals surface area contributed by atoms with Crippen LogP contribution in [-0.2, 0) is 0 Å². The van der Waals surface area contributed by atoms with Gasteiger partial charge in [-0.05, 0) is 49.9 Å². The summed E-state index contributed by atoms with van der Waals surface area (Å²) in [5.74, 6) is -0.166. The van der Waals surface area contributed by atoms with Gasteiger partial charge in [0.2, 0.25) is 0 Å². The summed E-state index contributed by atoms with van der Waals surface area (Å²) in [7, 11) is 0. The molecule has 0 aliphatic heterocycles. The number of rotatable bonds is 4. The topological polar surface area (TPSA) is 87.1 Å². The number of aromatic nitrogens is 2. The van der Waals surface area contributed by atoms with Crippen molar-refractivity contribution in [3.05, 3.63) is 48.2 Å². The standard InChI is InChI=1S/C17H19FN4O2/c18-11-1-3-13(4-2-11)22-17(24)15-9-16(20-10-19-15)21-12-5-7-14(23)8-6-12/h1-4,9-10,12,14,23H,5-8H2,(H,22,24)(H,19,20,21)/t12-,14-. The number of hydrogen-bond donors (Lipinski definition) is 3. The lowest BCUT2D eigenvalue weighted by molar-refractivity contribution is 0.102. The Balaban J connectivity index is 1.63. The van der Waals surface area contributed by atoms with Crippen LogP contribution in [0.4, 0.5) is 15.9 Å². The van der Waals surface area contributed by atoms with Crippen LogP contribution in [0, 0.1) is 5.82 Å². The van der Waals surface area contributed by atoms with Gasteiger partial charge in [-0.2, -0.15) is 0 Å². The van der Waals surface area contributed by atoms with Crippen molar-refractivity contribution in [1.82, 2.24) is 9.97 Å². The van der Waals surface area contributed by atoms with Crippen molar-refractivity contribution in [2.24, 2.45) is 0 Å². The van der Waals surface area contributed by atoms with E-state index in [0.717, 1.165) is 25.7 Å². The Kier molecular flexibility index (Phi) is 5.00. The summed E-state index contributed by atoms with van der Waals surface area (Å²) < 4.78 is 12.9. The molecule has 1 fully saturated rings. The number of aliphatic hydroxyl groups excluding tert-OH is 1. The number of aliphatic hydroxyl groups is 1. The van der Waals surface area contributed by atoms with Crippen LogP contribution in [0.5, 0.6) is 0 Å². The van der Waals surface area contributed by atoms with E-state index in [0.29, 0.717) is 11.5 Å². The number of nitrogens with one attached hydrogen (secondary N) is 2. The maximum atomic E-state index is 12.9. The molecule has 1 aliphatic carbocycles. The molecule has 2 aromatic rings. The van der Waals surface area contributed by atoms with E-state index in [1.54, 1.807) is 6.07 Å². The highest BCUT2D eigenvalue weighted by atomic mass is 19.1. The maximum Gasteiger partial charge on any atom is 0.274 e. The third-order valence-electron chi connectivity index (χ3n) is 4.05. The summed E-state index contributed by atoms with van der Waals surface area (Å²) in [4.78, 5) is 20.4. The van der Waals surface area contributed by atoms with Gasteiger partial charge in [-0.25, -0.2) is 14.4 Å². The van der Waals surface area contributed by atoms with Crippen molar-refractivity contribution in [3.63, 3.8) is 0 Å². The summed E-state index contributed by atoms with van der Waals surface area (Å²) in [6.07, 6.45) is 4.37. The van der Waals surface area contributed by atoms with Gasteiger partial charge in [0.1, 0.15) is 23.7 Å². The molecule has 126 valence electrons. The van der Waals surface area contributed by atoms with E-state index in [9.17, 15) is 14.3 Å². The highest BCUT2D eigenvalue weighted by molar-refractivity contribution is 6.03. The Morgan fingerprint density at radius 3 is 2.54 bits per heavy atom. The fourth-order valence-corrected chi connectivity index (χ4v) is 2.72. The molecule has 7 heteroatoms. The molecule has 0 bridgehead atoms. The molecule has 1 saturated carbocycles. The van der Waals surface area contributed by atoms with Gasteiger partial charge in [-0.1, -0.05) is 0 Å². The lowest BCUT2D eigenvalue weighted by atomic mass is 9.93. The molecule has 0 saturated heterocycles. The minimum Gasteiger partial charge on any atom is -0.393 e. The van der Waals surface area contributed by atoms with Gasteiger partial charge in [-0.15, -0.1) is 0 Å². The minimum absolute atomic E-state index is 0.217. The number of carbonyl (C=O) groups is 1. The summed E-state index contributed by atoms with van der Waals surface area (Å²) in [5, 5.41) is 15.5. The number of amides is 1. The molecule has 1 heterocycles. The number of anilines is 2. The smallest absolute Gasteiger partial charge is 0.274 e. The third kappa shape index (κ3) is 4.26. The lowest BCUT2D eigenvalue weighted by Gasteiger charge is -2.26. The van der Waals surface area contributed by atoms with E-state index in [-0.39, 0.29) is 29.6 Å². The van der Waals surface area contributed by atoms with Gasteiger partial charge in [0.25, 0.3) is 5.91 Å². The van der Waals surface area contributed by atoms with Crippen LogP contribution in [0.1, 0.15) is 36.2 Å². The fraction of sp³-hybridized carbons (Fsp3) is 0.353. The molecule has 24 heavy (non-hydrogen) atoms. The average molecular weight is 330 g/mol. The molecule has 1 aromatic carbocycles. The van der Waals surface area contributed by atoms with Crippen LogP contribution in [0.3, 0.4) is 0 Å². The number of benzene rings is 1. The summed E-state index contributed by atoms with van der Waals surface area (Å²) in [6.45, 7) is 0. The zero-order chi connectivity index (χ0) is 16.9. The first kappa shape index (κ1) is 16.3. The summed E-state index contributed by atoms with van der Waals surface area (Å²) in [5.41, 5.74) is 0.725. The highest BCUT2D eigenvalue weighted by Crippen LogP contribution is 2.21. The van der Waals surface area contributed by atoms with Gasteiger partial charge >= 0.3 is 0 Å². The predicted octanol–water partition coefficient (Wildman–Crippen LogP) is 2.58. The first-order valence-electron chi connectivity index (χ1n) is 7.94. The Hall–Kier alpha value is -2.54. The van der Waals surface area contributed by atoms with Crippen molar-refractivity contribution in [2.45, 2.75) is 37.8 Å². The summed E-state index contributed by atoms with van der Waals surface area (Å²) in [6, 6.07) is 7.35. The Morgan fingerprint density at radius 2 is 1.83 bits per heavy atom. The molecular weight excluding hydrogens is 311 g/mol. The van der Waals surface area contributed by atoms with E-state index in [2.05, 4.69) is 20.6 Å². The molecule has 3 rings (SSSR count).